The monoisotopic (exact) mass is 393 g/mol. The topological polar surface area (TPSA) is 67.7 Å². The fraction of sp³-hybridized carbons (Fsp3) is 0.421. The summed E-state index contributed by atoms with van der Waals surface area (Å²) in [5.74, 6) is 0.739. The summed E-state index contributed by atoms with van der Waals surface area (Å²) in [5.41, 5.74) is -0.941. The predicted octanol–water partition coefficient (Wildman–Crippen LogP) is 4.91. The summed E-state index contributed by atoms with van der Waals surface area (Å²) < 4.78 is 44.8. The molecule has 1 aliphatic heterocycles. The summed E-state index contributed by atoms with van der Waals surface area (Å²) in [5, 5.41) is 2.99. The van der Waals surface area contributed by atoms with Gasteiger partial charge in [-0.2, -0.15) is 18.2 Å². The number of anilines is 1. The average Bonchev–Trinajstić information content (AvgIpc) is 2.71. The van der Waals surface area contributed by atoms with E-state index in [4.69, 9.17) is 4.74 Å². The van der Waals surface area contributed by atoms with Gasteiger partial charge < -0.3 is 9.64 Å². The number of hydrogen-bond donors (Lipinski definition) is 0. The molecule has 0 saturated carbocycles. The van der Waals surface area contributed by atoms with Crippen LogP contribution in [0.4, 0.5) is 24.7 Å². The van der Waals surface area contributed by atoms with E-state index in [9.17, 15) is 18.1 Å². The van der Waals surface area contributed by atoms with Crippen molar-refractivity contribution in [2.24, 2.45) is 11.1 Å². The molecule has 0 bridgehead atoms. The van der Waals surface area contributed by atoms with Crippen LogP contribution in [0.2, 0.25) is 0 Å². The van der Waals surface area contributed by atoms with Gasteiger partial charge in [-0.05, 0) is 30.0 Å². The van der Waals surface area contributed by atoms with Crippen LogP contribution in [0.3, 0.4) is 0 Å². The molecule has 0 amide bonds. The first-order valence-electron chi connectivity index (χ1n) is 8.94. The standard InChI is InChI=1S/C19H20F3N4O2/c1-2-13-7-9-26(10-8-13)17-16(25-27)18(24-12-23-17)28-11-14-5-3-4-6-15(14)19(20,21)22/h3-6,12-13H,1-2,7-11H2. The third-order valence-electron chi connectivity index (χ3n) is 4.87. The van der Waals surface area contributed by atoms with Crippen molar-refractivity contribution in [3.8, 4) is 5.88 Å². The molecule has 2 heterocycles. The van der Waals surface area contributed by atoms with Gasteiger partial charge in [0.15, 0.2) is 5.82 Å². The minimum absolute atomic E-state index is 0.0525. The van der Waals surface area contributed by atoms with Gasteiger partial charge in [0.25, 0.3) is 0 Å². The van der Waals surface area contributed by atoms with E-state index in [2.05, 4.69) is 22.1 Å². The Balaban J connectivity index is 1.80. The van der Waals surface area contributed by atoms with Crippen molar-refractivity contribution in [1.82, 2.24) is 9.97 Å². The van der Waals surface area contributed by atoms with E-state index in [1.54, 1.807) is 0 Å². The fourth-order valence-corrected chi connectivity index (χ4v) is 3.27. The highest BCUT2D eigenvalue weighted by Crippen LogP contribution is 2.37. The van der Waals surface area contributed by atoms with Crippen LogP contribution < -0.4 is 9.64 Å². The highest BCUT2D eigenvalue weighted by atomic mass is 19.4. The molecule has 0 aliphatic carbocycles. The van der Waals surface area contributed by atoms with Crippen LogP contribution >= 0.6 is 0 Å². The van der Waals surface area contributed by atoms with Gasteiger partial charge in [0.05, 0.1) is 5.56 Å². The van der Waals surface area contributed by atoms with Crippen molar-refractivity contribution in [3.63, 3.8) is 0 Å². The number of piperidine rings is 1. The number of hydrogen-bond acceptors (Lipinski definition) is 6. The quantitative estimate of drug-likeness (QED) is 0.652. The van der Waals surface area contributed by atoms with Crippen LogP contribution in [0, 0.1) is 17.7 Å². The first kappa shape index (κ1) is 20.0. The van der Waals surface area contributed by atoms with E-state index in [1.807, 2.05) is 4.90 Å². The molecule has 1 aliphatic rings. The summed E-state index contributed by atoms with van der Waals surface area (Å²) in [6.07, 6.45) is -0.589. The molecule has 28 heavy (non-hydrogen) atoms. The largest absolute Gasteiger partial charge is 0.471 e. The van der Waals surface area contributed by atoms with Gasteiger partial charge in [0, 0.05) is 18.7 Å². The maximum Gasteiger partial charge on any atom is 0.416 e. The number of ether oxygens (including phenoxy) is 1. The van der Waals surface area contributed by atoms with Crippen LogP contribution in [0.15, 0.2) is 35.8 Å². The second-order valence-corrected chi connectivity index (χ2v) is 6.61. The molecule has 1 aromatic carbocycles. The Kier molecular flexibility index (Phi) is 6.11. The lowest BCUT2D eigenvalue weighted by molar-refractivity contribution is -0.138. The van der Waals surface area contributed by atoms with Gasteiger partial charge in [0.2, 0.25) is 11.6 Å². The van der Waals surface area contributed by atoms with Gasteiger partial charge in [-0.25, -0.2) is 4.98 Å². The maximum atomic E-state index is 13.1. The van der Waals surface area contributed by atoms with Crippen molar-refractivity contribution in [2.75, 3.05) is 18.0 Å². The van der Waals surface area contributed by atoms with Crippen molar-refractivity contribution >= 4 is 11.5 Å². The Morgan fingerprint density at radius 3 is 2.57 bits per heavy atom. The lowest BCUT2D eigenvalue weighted by atomic mass is 9.94. The van der Waals surface area contributed by atoms with Crippen molar-refractivity contribution in [2.45, 2.75) is 32.0 Å². The maximum absolute atomic E-state index is 13.1. The van der Waals surface area contributed by atoms with Gasteiger partial charge in [-0.15, -0.1) is 4.91 Å². The molecular weight excluding hydrogens is 373 g/mol. The Morgan fingerprint density at radius 2 is 1.93 bits per heavy atom. The summed E-state index contributed by atoms with van der Waals surface area (Å²) in [7, 11) is 0. The van der Waals surface area contributed by atoms with Crippen molar-refractivity contribution < 1.29 is 17.9 Å². The minimum atomic E-state index is -4.50. The molecule has 2 aromatic rings. The van der Waals surface area contributed by atoms with E-state index in [-0.39, 0.29) is 17.1 Å². The first-order valence-corrected chi connectivity index (χ1v) is 8.94. The summed E-state index contributed by atoms with van der Waals surface area (Å²) in [4.78, 5) is 21.4. The van der Waals surface area contributed by atoms with E-state index in [1.165, 1.54) is 24.5 Å². The highest BCUT2D eigenvalue weighted by molar-refractivity contribution is 5.67. The zero-order valence-corrected chi connectivity index (χ0v) is 15.2. The van der Waals surface area contributed by atoms with E-state index in [0.717, 1.165) is 25.3 Å². The van der Waals surface area contributed by atoms with Gasteiger partial charge in [0.1, 0.15) is 12.9 Å². The molecule has 1 fully saturated rings. The van der Waals surface area contributed by atoms with Crippen LogP contribution in [0.1, 0.15) is 30.4 Å². The fourth-order valence-electron chi connectivity index (χ4n) is 3.27. The first-order chi connectivity index (χ1) is 13.4. The van der Waals surface area contributed by atoms with Crippen molar-refractivity contribution in [1.29, 1.82) is 0 Å². The number of nitrogens with zero attached hydrogens (tertiary/aromatic N) is 4. The molecular formula is C19H20F3N4O2. The molecule has 0 atom stereocenters. The summed E-state index contributed by atoms with van der Waals surface area (Å²) in [6.45, 7) is 4.91. The summed E-state index contributed by atoms with van der Waals surface area (Å²) in [6, 6.07) is 5.10. The van der Waals surface area contributed by atoms with E-state index in [0.29, 0.717) is 24.8 Å². The van der Waals surface area contributed by atoms with Crippen molar-refractivity contribution in [3.05, 3.63) is 53.6 Å². The van der Waals surface area contributed by atoms with Gasteiger partial charge in [-0.1, -0.05) is 31.5 Å². The number of rotatable bonds is 6. The number of alkyl halides is 3. The zero-order valence-electron chi connectivity index (χ0n) is 15.2. The molecule has 9 heteroatoms. The molecule has 0 N–H and O–H groups in total. The zero-order chi connectivity index (χ0) is 20.1. The second kappa shape index (κ2) is 8.53. The third kappa shape index (κ3) is 4.40. The molecule has 1 aromatic heterocycles. The molecule has 1 saturated heterocycles. The number of halogens is 3. The van der Waals surface area contributed by atoms with Crippen LogP contribution in [0.25, 0.3) is 0 Å². The predicted molar refractivity (Wildman–Crippen MR) is 98.2 cm³/mol. The molecule has 0 spiro atoms. The Hall–Kier alpha value is -2.71. The number of benzene rings is 1. The van der Waals surface area contributed by atoms with Gasteiger partial charge >= 0.3 is 6.18 Å². The Morgan fingerprint density at radius 1 is 1.21 bits per heavy atom. The number of aromatic nitrogens is 2. The lowest BCUT2D eigenvalue weighted by Crippen LogP contribution is -2.34. The molecule has 149 valence electrons. The average molecular weight is 393 g/mol. The molecule has 6 nitrogen and oxygen atoms in total. The highest BCUT2D eigenvalue weighted by Gasteiger charge is 2.33. The molecule has 0 unspecified atom stereocenters. The smallest absolute Gasteiger partial charge is 0.416 e. The SMILES string of the molecule is [CH2]CC1CCN(c2ncnc(OCc3ccccc3C(F)(F)F)c2N=O)CC1. The lowest BCUT2D eigenvalue weighted by Gasteiger charge is -2.32. The third-order valence-corrected chi connectivity index (χ3v) is 4.87. The van der Waals surface area contributed by atoms with Crippen LogP contribution in [-0.2, 0) is 12.8 Å². The van der Waals surface area contributed by atoms with Crippen LogP contribution in [0.5, 0.6) is 5.88 Å². The van der Waals surface area contributed by atoms with E-state index >= 15 is 0 Å². The molecule has 3 rings (SSSR count). The second-order valence-electron chi connectivity index (χ2n) is 6.61. The van der Waals surface area contributed by atoms with Gasteiger partial charge in [-0.3, -0.25) is 0 Å². The van der Waals surface area contributed by atoms with E-state index < -0.39 is 18.3 Å². The normalized spacial score (nSPS) is 15.5. The Bertz CT molecular complexity index is 821. The van der Waals surface area contributed by atoms with Crippen LogP contribution in [-0.4, -0.2) is 23.1 Å². The summed E-state index contributed by atoms with van der Waals surface area (Å²) >= 11 is 0. The minimum Gasteiger partial charge on any atom is -0.471 e. The Labute approximate surface area is 160 Å². The number of nitroso groups, excluding NO2 is 1. The molecule has 1 radical (unpaired) electrons.